The minimum atomic E-state index is 0.251. The summed E-state index contributed by atoms with van der Waals surface area (Å²) in [5.41, 5.74) is 6.36. The summed E-state index contributed by atoms with van der Waals surface area (Å²) >= 11 is 0. The Balaban J connectivity index is 2.65. The van der Waals surface area contributed by atoms with Gasteiger partial charge in [0, 0.05) is 19.2 Å². The molecule has 0 heterocycles. The van der Waals surface area contributed by atoms with E-state index < -0.39 is 0 Å². The highest BCUT2D eigenvalue weighted by atomic mass is 16.5. The Hall–Kier alpha value is -0.120. The predicted molar refractivity (Wildman–Crippen MR) is 73.2 cm³/mol. The van der Waals surface area contributed by atoms with Gasteiger partial charge in [0.2, 0.25) is 0 Å². The van der Waals surface area contributed by atoms with Gasteiger partial charge in [-0.05, 0) is 51.6 Å². The highest BCUT2D eigenvalue weighted by molar-refractivity contribution is 4.96. The molecule has 0 aromatic carbocycles. The molecule has 0 saturated heterocycles. The summed E-state index contributed by atoms with van der Waals surface area (Å²) in [6, 6.07) is 0. The van der Waals surface area contributed by atoms with Crippen molar-refractivity contribution in [3.05, 3.63) is 0 Å². The number of nitrogens with zero attached hydrogens (tertiary/aromatic N) is 1. The number of hydrogen-bond donors (Lipinski definition) is 1. The van der Waals surface area contributed by atoms with E-state index in [9.17, 15) is 0 Å². The lowest BCUT2D eigenvalue weighted by Crippen LogP contribution is -2.56. The van der Waals surface area contributed by atoms with Crippen LogP contribution in [0.4, 0.5) is 0 Å². The first-order chi connectivity index (χ1) is 8.22. The van der Waals surface area contributed by atoms with E-state index in [2.05, 4.69) is 18.7 Å². The summed E-state index contributed by atoms with van der Waals surface area (Å²) in [5.74, 6) is 0. The minimum absolute atomic E-state index is 0.251. The van der Waals surface area contributed by atoms with Gasteiger partial charge >= 0.3 is 0 Å². The summed E-state index contributed by atoms with van der Waals surface area (Å²) in [5, 5.41) is 0. The van der Waals surface area contributed by atoms with Crippen LogP contribution in [0.3, 0.4) is 0 Å². The van der Waals surface area contributed by atoms with Gasteiger partial charge in [0.05, 0.1) is 6.10 Å². The highest BCUT2D eigenvalue weighted by Gasteiger charge is 2.38. The van der Waals surface area contributed by atoms with Gasteiger partial charge in [-0.1, -0.05) is 13.8 Å². The zero-order chi connectivity index (χ0) is 12.7. The topological polar surface area (TPSA) is 38.5 Å². The molecule has 0 unspecified atom stereocenters. The second-order valence-electron chi connectivity index (χ2n) is 5.35. The lowest BCUT2D eigenvalue weighted by molar-refractivity contribution is -0.00707. The number of methoxy groups -OCH3 is 1. The maximum absolute atomic E-state index is 6.10. The van der Waals surface area contributed by atoms with Crippen LogP contribution < -0.4 is 5.73 Å². The van der Waals surface area contributed by atoms with Crippen LogP contribution in [0, 0.1) is 0 Å². The second kappa shape index (κ2) is 7.34. The molecule has 0 spiro atoms. The van der Waals surface area contributed by atoms with Gasteiger partial charge in [0.15, 0.2) is 0 Å². The molecule has 0 atom stereocenters. The number of ether oxygens (including phenoxy) is 1. The quantitative estimate of drug-likeness (QED) is 0.745. The van der Waals surface area contributed by atoms with Crippen molar-refractivity contribution in [1.82, 2.24) is 4.90 Å². The molecule has 1 aliphatic rings. The Morgan fingerprint density at radius 1 is 1.18 bits per heavy atom. The molecule has 102 valence electrons. The Bertz CT molecular complexity index is 194. The van der Waals surface area contributed by atoms with E-state index in [4.69, 9.17) is 10.5 Å². The van der Waals surface area contributed by atoms with E-state index in [0.29, 0.717) is 6.10 Å². The first-order valence-electron chi connectivity index (χ1n) is 7.20. The van der Waals surface area contributed by atoms with E-state index >= 15 is 0 Å². The Morgan fingerprint density at radius 3 is 2.06 bits per heavy atom. The number of rotatable bonds is 7. The fourth-order valence-electron chi connectivity index (χ4n) is 3.14. The van der Waals surface area contributed by atoms with Crippen molar-refractivity contribution in [2.45, 2.75) is 64.0 Å². The van der Waals surface area contributed by atoms with Crippen molar-refractivity contribution >= 4 is 0 Å². The van der Waals surface area contributed by atoms with Crippen molar-refractivity contribution in [1.29, 1.82) is 0 Å². The lowest BCUT2D eigenvalue weighted by Gasteiger charge is -2.47. The Labute approximate surface area is 107 Å². The summed E-state index contributed by atoms with van der Waals surface area (Å²) < 4.78 is 5.47. The van der Waals surface area contributed by atoms with Gasteiger partial charge in [0.25, 0.3) is 0 Å². The SMILES string of the molecule is CCCN(CCC)C1(CN)CCC(OC)CC1. The zero-order valence-electron chi connectivity index (χ0n) is 11.9. The maximum atomic E-state index is 6.10. The monoisotopic (exact) mass is 242 g/mol. The van der Waals surface area contributed by atoms with Gasteiger partial charge in [0.1, 0.15) is 0 Å². The summed E-state index contributed by atoms with van der Waals surface area (Å²) in [6.45, 7) is 7.68. The van der Waals surface area contributed by atoms with E-state index in [-0.39, 0.29) is 5.54 Å². The van der Waals surface area contributed by atoms with Crippen LogP contribution in [0.1, 0.15) is 52.4 Å². The standard InChI is InChI=1S/C14H30N2O/c1-4-10-16(11-5-2)14(12-15)8-6-13(17-3)7-9-14/h13H,4-12,15H2,1-3H3. The zero-order valence-corrected chi connectivity index (χ0v) is 11.9. The van der Waals surface area contributed by atoms with E-state index in [1.54, 1.807) is 0 Å². The first kappa shape index (κ1) is 14.9. The van der Waals surface area contributed by atoms with Crippen molar-refractivity contribution in [3.63, 3.8) is 0 Å². The molecule has 0 aromatic rings. The second-order valence-corrected chi connectivity index (χ2v) is 5.35. The van der Waals surface area contributed by atoms with Gasteiger partial charge in [-0.3, -0.25) is 4.90 Å². The smallest absolute Gasteiger partial charge is 0.0572 e. The fraction of sp³-hybridized carbons (Fsp3) is 1.00. The molecule has 1 aliphatic carbocycles. The molecule has 2 N–H and O–H groups in total. The molecule has 1 rings (SSSR count). The van der Waals surface area contributed by atoms with E-state index in [0.717, 1.165) is 19.4 Å². The van der Waals surface area contributed by atoms with Gasteiger partial charge < -0.3 is 10.5 Å². The molecule has 3 nitrogen and oxygen atoms in total. The first-order valence-corrected chi connectivity index (χ1v) is 7.20. The normalized spacial score (nSPS) is 29.8. The van der Waals surface area contributed by atoms with Crippen LogP contribution in [0.5, 0.6) is 0 Å². The molecule has 0 aromatic heterocycles. The Kier molecular flexibility index (Phi) is 6.45. The Morgan fingerprint density at radius 2 is 1.71 bits per heavy atom. The average Bonchev–Trinajstić information content (AvgIpc) is 2.38. The van der Waals surface area contributed by atoms with Gasteiger partial charge in [-0.2, -0.15) is 0 Å². The lowest BCUT2D eigenvalue weighted by atomic mass is 9.78. The molecule has 0 aliphatic heterocycles. The molecule has 0 radical (unpaired) electrons. The largest absolute Gasteiger partial charge is 0.381 e. The minimum Gasteiger partial charge on any atom is -0.381 e. The van der Waals surface area contributed by atoms with Gasteiger partial charge in [-0.25, -0.2) is 0 Å². The molecule has 3 heteroatoms. The van der Waals surface area contributed by atoms with Crippen LogP contribution >= 0.6 is 0 Å². The molecular formula is C14H30N2O. The van der Waals surface area contributed by atoms with Crippen molar-refractivity contribution in [2.75, 3.05) is 26.7 Å². The van der Waals surface area contributed by atoms with E-state index in [1.807, 2.05) is 7.11 Å². The molecule has 1 saturated carbocycles. The van der Waals surface area contributed by atoms with E-state index in [1.165, 1.54) is 38.8 Å². The summed E-state index contributed by atoms with van der Waals surface area (Å²) in [7, 11) is 1.83. The van der Waals surface area contributed by atoms with Crippen molar-refractivity contribution in [3.8, 4) is 0 Å². The van der Waals surface area contributed by atoms with Crippen molar-refractivity contribution < 1.29 is 4.74 Å². The molecule has 0 bridgehead atoms. The number of hydrogen-bond acceptors (Lipinski definition) is 3. The third kappa shape index (κ3) is 3.67. The maximum Gasteiger partial charge on any atom is 0.0572 e. The predicted octanol–water partition coefficient (Wildman–Crippen LogP) is 2.39. The average molecular weight is 242 g/mol. The van der Waals surface area contributed by atoms with Crippen LogP contribution in [0.2, 0.25) is 0 Å². The van der Waals surface area contributed by atoms with Crippen LogP contribution in [-0.4, -0.2) is 43.3 Å². The van der Waals surface area contributed by atoms with Crippen LogP contribution in [0.15, 0.2) is 0 Å². The highest BCUT2D eigenvalue weighted by Crippen LogP contribution is 2.34. The molecule has 17 heavy (non-hydrogen) atoms. The molecule has 0 amide bonds. The third-order valence-corrected chi connectivity index (χ3v) is 4.23. The van der Waals surface area contributed by atoms with Crippen LogP contribution in [0.25, 0.3) is 0 Å². The molecular weight excluding hydrogens is 212 g/mol. The van der Waals surface area contributed by atoms with Crippen LogP contribution in [-0.2, 0) is 4.74 Å². The molecule has 1 fully saturated rings. The number of nitrogens with two attached hydrogens (primary N) is 1. The van der Waals surface area contributed by atoms with Gasteiger partial charge in [-0.15, -0.1) is 0 Å². The summed E-state index contributed by atoms with van der Waals surface area (Å²) in [6.07, 6.45) is 7.62. The van der Waals surface area contributed by atoms with Crippen molar-refractivity contribution in [2.24, 2.45) is 5.73 Å². The third-order valence-electron chi connectivity index (χ3n) is 4.23. The summed E-state index contributed by atoms with van der Waals surface area (Å²) in [4.78, 5) is 2.64. The fourth-order valence-corrected chi connectivity index (χ4v) is 3.14.